The van der Waals surface area contributed by atoms with Crippen LogP contribution in [-0.2, 0) is 0 Å². The number of benzene rings is 1. The first-order valence-corrected chi connectivity index (χ1v) is 7.27. The van der Waals surface area contributed by atoms with Crippen molar-refractivity contribution in [1.29, 1.82) is 0 Å². The van der Waals surface area contributed by atoms with Gasteiger partial charge in [0.25, 0.3) is 0 Å². The number of rotatable bonds is 6. The second-order valence-electron chi connectivity index (χ2n) is 4.16. The molecule has 96 valence electrons. The fourth-order valence-electron chi connectivity index (χ4n) is 1.58. The summed E-state index contributed by atoms with van der Waals surface area (Å²) >= 11 is 7.97. The van der Waals surface area contributed by atoms with Crippen molar-refractivity contribution in [1.82, 2.24) is 5.32 Å². The molecule has 0 aliphatic heterocycles. The van der Waals surface area contributed by atoms with E-state index < -0.39 is 0 Å². The Morgan fingerprint density at radius 1 is 1.41 bits per heavy atom. The summed E-state index contributed by atoms with van der Waals surface area (Å²) in [5.74, 6) is 0.663. The van der Waals surface area contributed by atoms with Crippen LogP contribution in [0.1, 0.15) is 32.4 Å². The van der Waals surface area contributed by atoms with Crippen molar-refractivity contribution in [3.8, 4) is 0 Å². The van der Waals surface area contributed by atoms with Crippen molar-refractivity contribution in [2.75, 3.05) is 12.3 Å². The summed E-state index contributed by atoms with van der Waals surface area (Å²) in [5, 5.41) is 4.54. The van der Waals surface area contributed by atoms with E-state index in [1.165, 1.54) is 12.1 Å². The lowest BCUT2D eigenvalue weighted by molar-refractivity contribution is 0.588. The van der Waals surface area contributed by atoms with Crippen LogP contribution >= 0.6 is 23.4 Å². The number of hydrogen-bond acceptors (Lipinski definition) is 2. The highest BCUT2D eigenvalue weighted by atomic mass is 35.5. The van der Waals surface area contributed by atoms with Gasteiger partial charge < -0.3 is 5.32 Å². The fourth-order valence-corrected chi connectivity index (χ4v) is 2.70. The number of halogens is 2. The molecular formula is C13H19ClFNS. The molecule has 0 saturated carbocycles. The van der Waals surface area contributed by atoms with Gasteiger partial charge in [0.05, 0.1) is 0 Å². The third-order valence-electron chi connectivity index (χ3n) is 2.38. The molecule has 1 N–H and O–H groups in total. The SMILES string of the molecule is CCNC(CSC(C)C)c1cc(F)ccc1Cl. The number of hydrogen-bond donors (Lipinski definition) is 1. The maximum absolute atomic E-state index is 13.3. The summed E-state index contributed by atoms with van der Waals surface area (Å²) in [6.07, 6.45) is 0. The lowest BCUT2D eigenvalue weighted by atomic mass is 10.1. The van der Waals surface area contributed by atoms with Crippen LogP contribution < -0.4 is 5.32 Å². The summed E-state index contributed by atoms with van der Waals surface area (Å²) in [6.45, 7) is 7.19. The minimum atomic E-state index is -0.234. The van der Waals surface area contributed by atoms with E-state index >= 15 is 0 Å². The normalized spacial score (nSPS) is 13.1. The molecule has 1 aromatic rings. The van der Waals surface area contributed by atoms with Crippen LogP contribution in [-0.4, -0.2) is 17.5 Å². The molecule has 1 rings (SSSR count). The zero-order chi connectivity index (χ0) is 12.8. The van der Waals surface area contributed by atoms with Crippen molar-refractivity contribution in [2.45, 2.75) is 32.1 Å². The average Bonchev–Trinajstić information content (AvgIpc) is 2.27. The van der Waals surface area contributed by atoms with E-state index in [1.54, 1.807) is 6.07 Å². The monoisotopic (exact) mass is 275 g/mol. The maximum Gasteiger partial charge on any atom is 0.123 e. The van der Waals surface area contributed by atoms with Gasteiger partial charge >= 0.3 is 0 Å². The van der Waals surface area contributed by atoms with Crippen molar-refractivity contribution in [2.24, 2.45) is 0 Å². The molecule has 0 aliphatic carbocycles. The minimum Gasteiger partial charge on any atom is -0.309 e. The van der Waals surface area contributed by atoms with Crippen LogP contribution in [0, 0.1) is 5.82 Å². The van der Waals surface area contributed by atoms with E-state index in [1.807, 2.05) is 18.7 Å². The first-order valence-electron chi connectivity index (χ1n) is 5.84. The largest absolute Gasteiger partial charge is 0.309 e. The van der Waals surface area contributed by atoms with Crippen molar-refractivity contribution < 1.29 is 4.39 Å². The quantitative estimate of drug-likeness (QED) is 0.832. The minimum absolute atomic E-state index is 0.107. The molecule has 1 atom stereocenters. The summed E-state index contributed by atoms with van der Waals surface area (Å²) in [7, 11) is 0. The molecule has 1 unspecified atom stereocenters. The zero-order valence-corrected chi connectivity index (χ0v) is 12.0. The highest BCUT2D eigenvalue weighted by Crippen LogP contribution is 2.27. The summed E-state index contributed by atoms with van der Waals surface area (Å²) in [5.41, 5.74) is 0.849. The predicted molar refractivity (Wildman–Crippen MR) is 75.4 cm³/mol. The highest BCUT2D eigenvalue weighted by Gasteiger charge is 2.15. The van der Waals surface area contributed by atoms with E-state index in [0.717, 1.165) is 17.9 Å². The smallest absolute Gasteiger partial charge is 0.123 e. The Balaban J connectivity index is 2.84. The lowest BCUT2D eigenvalue weighted by Gasteiger charge is -2.20. The number of thioether (sulfide) groups is 1. The summed E-state index contributed by atoms with van der Waals surface area (Å²) < 4.78 is 13.3. The van der Waals surface area contributed by atoms with E-state index in [4.69, 9.17) is 11.6 Å². The van der Waals surface area contributed by atoms with Gasteiger partial charge in [0.15, 0.2) is 0 Å². The molecule has 0 saturated heterocycles. The Kier molecular flexibility index (Phi) is 6.31. The summed E-state index contributed by atoms with van der Waals surface area (Å²) in [6, 6.07) is 4.65. The highest BCUT2D eigenvalue weighted by molar-refractivity contribution is 7.99. The Morgan fingerprint density at radius 3 is 2.71 bits per heavy atom. The summed E-state index contributed by atoms with van der Waals surface area (Å²) in [4.78, 5) is 0. The Bertz CT molecular complexity index is 357. The molecule has 0 fully saturated rings. The molecular weight excluding hydrogens is 257 g/mol. The van der Waals surface area contributed by atoms with Gasteiger partial charge in [-0.05, 0) is 35.6 Å². The average molecular weight is 276 g/mol. The third kappa shape index (κ3) is 4.86. The Labute approximate surface area is 112 Å². The van der Waals surface area contributed by atoms with E-state index in [-0.39, 0.29) is 11.9 Å². The van der Waals surface area contributed by atoms with Crippen molar-refractivity contribution in [3.63, 3.8) is 0 Å². The first kappa shape index (κ1) is 14.8. The van der Waals surface area contributed by atoms with Gasteiger partial charge in [-0.3, -0.25) is 0 Å². The molecule has 0 amide bonds. The molecule has 0 heterocycles. The third-order valence-corrected chi connectivity index (χ3v) is 3.92. The van der Waals surface area contributed by atoms with Crippen LogP contribution in [0.3, 0.4) is 0 Å². The van der Waals surface area contributed by atoms with Crippen molar-refractivity contribution in [3.05, 3.63) is 34.6 Å². The first-order chi connectivity index (χ1) is 8.04. The molecule has 17 heavy (non-hydrogen) atoms. The van der Waals surface area contributed by atoms with Gasteiger partial charge in [0.1, 0.15) is 5.82 Å². The van der Waals surface area contributed by atoms with Crippen LogP contribution in [0.5, 0.6) is 0 Å². The fraction of sp³-hybridized carbons (Fsp3) is 0.538. The lowest BCUT2D eigenvalue weighted by Crippen LogP contribution is -2.24. The van der Waals surface area contributed by atoms with Crippen molar-refractivity contribution >= 4 is 23.4 Å². The van der Waals surface area contributed by atoms with E-state index in [2.05, 4.69) is 19.2 Å². The molecule has 0 aromatic heterocycles. The van der Waals surface area contributed by atoms with Crippen LogP contribution in [0.4, 0.5) is 4.39 Å². The van der Waals surface area contributed by atoms with Gasteiger partial charge in [0.2, 0.25) is 0 Å². The van der Waals surface area contributed by atoms with Gasteiger partial charge in [-0.15, -0.1) is 0 Å². The molecule has 4 heteroatoms. The van der Waals surface area contributed by atoms with Crippen LogP contribution in [0.15, 0.2) is 18.2 Å². The predicted octanol–water partition coefficient (Wildman–Crippen LogP) is 4.27. The van der Waals surface area contributed by atoms with Gasteiger partial charge in [-0.2, -0.15) is 11.8 Å². The molecule has 0 bridgehead atoms. The van der Waals surface area contributed by atoms with E-state index in [0.29, 0.717) is 10.3 Å². The van der Waals surface area contributed by atoms with Gasteiger partial charge in [0, 0.05) is 16.8 Å². The standard InChI is InChI=1S/C13H19ClFNS/c1-4-16-13(8-17-9(2)3)11-7-10(15)5-6-12(11)14/h5-7,9,13,16H,4,8H2,1-3H3. The molecule has 0 radical (unpaired) electrons. The number of nitrogens with one attached hydrogen (secondary N) is 1. The Hall–Kier alpha value is -0.250. The molecule has 1 aromatic carbocycles. The van der Waals surface area contributed by atoms with Gasteiger partial charge in [-0.1, -0.05) is 32.4 Å². The van der Waals surface area contributed by atoms with Crippen LogP contribution in [0.25, 0.3) is 0 Å². The molecule has 1 nitrogen and oxygen atoms in total. The second kappa shape index (κ2) is 7.24. The molecule has 0 spiro atoms. The van der Waals surface area contributed by atoms with Gasteiger partial charge in [-0.25, -0.2) is 4.39 Å². The van der Waals surface area contributed by atoms with E-state index in [9.17, 15) is 4.39 Å². The zero-order valence-electron chi connectivity index (χ0n) is 10.5. The van der Waals surface area contributed by atoms with Crippen LogP contribution in [0.2, 0.25) is 5.02 Å². The maximum atomic E-state index is 13.3. The molecule has 0 aliphatic rings. The second-order valence-corrected chi connectivity index (χ2v) is 6.17. The Morgan fingerprint density at radius 2 is 2.12 bits per heavy atom. The topological polar surface area (TPSA) is 12.0 Å².